The van der Waals surface area contributed by atoms with Crippen LogP contribution in [-0.2, 0) is 10.2 Å². The van der Waals surface area contributed by atoms with Gasteiger partial charge in [-0.15, -0.1) is 0 Å². The molecule has 0 aromatic heterocycles. The Morgan fingerprint density at radius 3 is 2.16 bits per heavy atom. The molecule has 0 amide bonds. The summed E-state index contributed by atoms with van der Waals surface area (Å²) in [5.41, 5.74) is 2.20. The fraction of sp³-hybridized carbons (Fsp3) is 0.696. The molecule has 3 rings (SSSR count). The summed E-state index contributed by atoms with van der Waals surface area (Å²) in [5, 5.41) is 10.1. The summed E-state index contributed by atoms with van der Waals surface area (Å²) >= 11 is 0. The van der Waals surface area contributed by atoms with Gasteiger partial charge in [0.2, 0.25) is 0 Å². The molecule has 0 radical (unpaired) electrons. The van der Waals surface area contributed by atoms with Gasteiger partial charge in [0.1, 0.15) is 0 Å². The average Bonchev–Trinajstić information content (AvgIpc) is 2.61. The van der Waals surface area contributed by atoms with Crippen LogP contribution in [0.3, 0.4) is 0 Å². The number of aliphatic carboxylic acids is 1. The Morgan fingerprint density at radius 2 is 1.60 bits per heavy atom. The van der Waals surface area contributed by atoms with Gasteiger partial charge in [-0.1, -0.05) is 64.3 Å². The molecule has 25 heavy (non-hydrogen) atoms. The van der Waals surface area contributed by atoms with Gasteiger partial charge in [-0.3, -0.25) is 4.79 Å². The molecule has 2 nitrogen and oxygen atoms in total. The van der Waals surface area contributed by atoms with E-state index in [1.54, 1.807) is 0 Å². The van der Waals surface area contributed by atoms with Gasteiger partial charge in [0.15, 0.2) is 0 Å². The maximum Gasteiger partial charge on any atom is 0.314 e. The third-order valence-corrected chi connectivity index (χ3v) is 6.98. The van der Waals surface area contributed by atoms with Gasteiger partial charge in [-0.25, -0.2) is 0 Å². The lowest BCUT2D eigenvalue weighted by atomic mass is 9.64. The lowest BCUT2D eigenvalue weighted by Gasteiger charge is -2.40. The van der Waals surface area contributed by atoms with E-state index in [-0.39, 0.29) is 0 Å². The number of carboxylic acid groups (broad SMARTS) is 1. The highest BCUT2D eigenvalue weighted by molar-refractivity contribution is 5.82. The van der Waals surface area contributed by atoms with E-state index >= 15 is 0 Å². The van der Waals surface area contributed by atoms with Gasteiger partial charge in [-0.05, 0) is 66.9 Å². The van der Waals surface area contributed by atoms with Crippen molar-refractivity contribution >= 4 is 5.97 Å². The molecule has 0 aliphatic heterocycles. The van der Waals surface area contributed by atoms with E-state index in [9.17, 15) is 9.90 Å². The predicted octanol–water partition coefficient (Wildman–Crippen LogP) is 6.29. The van der Waals surface area contributed by atoms with Crippen molar-refractivity contribution in [3.63, 3.8) is 0 Å². The van der Waals surface area contributed by atoms with Crippen LogP contribution in [-0.4, -0.2) is 11.1 Å². The van der Waals surface area contributed by atoms with Crippen molar-refractivity contribution in [2.24, 2.45) is 11.3 Å². The first-order chi connectivity index (χ1) is 11.8. The molecular formula is C23H34O2. The Balaban J connectivity index is 1.88. The third-order valence-electron chi connectivity index (χ3n) is 6.98. The quantitative estimate of drug-likeness (QED) is 0.700. The lowest BCUT2D eigenvalue weighted by molar-refractivity contribution is -0.145. The summed E-state index contributed by atoms with van der Waals surface area (Å²) < 4.78 is 0. The highest BCUT2D eigenvalue weighted by atomic mass is 16.4. The number of hydrogen-bond acceptors (Lipinski definition) is 1. The van der Waals surface area contributed by atoms with Crippen molar-refractivity contribution in [3.05, 3.63) is 35.4 Å². The number of rotatable bonds is 3. The Morgan fingerprint density at radius 1 is 1.00 bits per heavy atom. The molecule has 2 aliphatic rings. The predicted molar refractivity (Wildman–Crippen MR) is 103 cm³/mol. The van der Waals surface area contributed by atoms with Gasteiger partial charge >= 0.3 is 5.97 Å². The van der Waals surface area contributed by atoms with Gasteiger partial charge in [0, 0.05) is 0 Å². The van der Waals surface area contributed by atoms with Crippen LogP contribution < -0.4 is 0 Å². The van der Waals surface area contributed by atoms with Crippen LogP contribution in [0.4, 0.5) is 0 Å². The number of carbonyl (C=O) groups is 1. The zero-order valence-corrected chi connectivity index (χ0v) is 16.2. The summed E-state index contributed by atoms with van der Waals surface area (Å²) in [6.07, 6.45) is 9.80. The number of carboxylic acids is 1. The molecule has 1 aromatic carbocycles. The average molecular weight is 343 g/mol. The summed E-state index contributed by atoms with van der Waals surface area (Å²) in [4.78, 5) is 12.3. The molecule has 0 saturated heterocycles. The molecule has 1 aromatic rings. The second kappa shape index (κ2) is 7.13. The van der Waals surface area contributed by atoms with Crippen LogP contribution in [0.15, 0.2) is 24.3 Å². The third kappa shape index (κ3) is 3.64. The topological polar surface area (TPSA) is 37.3 Å². The normalized spacial score (nSPS) is 27.0. The molecule has 0 atom stereocenters. The summed E-state index contributed by atoms with van der Waals surface area (Å²) in [7, 11) is 0. The first kappa shape index (κ1) is 18.5. The minimum absolute atomic E-state index is 0.385. The van der Waals surface area contributed by atoms with Gasteiger partial charge in [0.25, 0.3) is 0 Å². The molecule has 0 spiro atoms. The van der Waals surface area contributed by atoms with Crippen molar-refractivity contribution in [3.8, 4) is 0 Å². The number of hydrogen-bond donors (Lipinski definition) is 1. The second-order valence-electron chi connectivity index (χ2n) is 9.45. The fourth-order valence-electron chi connectivity index (χ4n) is 5.31. The van der Waals surface area contributed by atoms with Crippen LogP contribution in [0.2, 0.25) is 0 Å². The van der Waals surface area contributed by atoms with E-state index in [0.29, 0.717) is 11.3 Å². The van der Waals surface area contributed by atoms with Gasteiger partial charge in [0.05, 0.1) is 5.41 Å². The lowest BCUT2D eigenvalue weighted by Crippen LogP contribution is -2.39. The SMILES string of the molecule is CC(C)(C)C1CCC(c2ccccc2C2(C(=O)O)CCCCC2)CC1. The summed E-state index contributed by atoms with van der Waals surface area (Å²) in [6, 6.07) is 8.48. The monoisotopic (exact) mass is 342 g/mol. The molecule has 2 fully saturated rings. The number of benzene rings is 1. The summed E-state index contributed by atoms with van der Waals surface area (Å²) in [6.45, 7) is 7.06. The van der Waals surface area contributed by atoms with Gasteiger partial charge < -0.3 is 5.11 Å². The van der Waals surface area contributed by atoms with Crippen LogP contribution >= 0.6 is 0 Å². The maximum atomic E-state index is 12.3. The fourth-order valence-corrected chi connectivity index (χ4v) is 5.31. The molecule has 1 N–H and O–H groups in total. The van der Waals surface area contributed by atoms with E-state index in [0.717, 1.165) is 37.2 Å². The second-order valence-corrected chi connectivity index (χ2v) is 9.45. The Labute approximate surface area is 153 Å². The van der Waals surface area contributed by atoms with Crippen molar-refractivity contribution in [1.82, 2.24) is 0 Å². The smallest absolute Gasteiger partial charge is 0.314 e. The van der Waals surface area contributed by atoms with Crippen molar-refractivity contribution < 1.29 is 9.90 Å². The first-order valence-corrected chi connectivity index (χ1v) is 10.2. The summed E-state index contributed by atoms with van der Waals surface area (Å²) in [5.74, 6) is 0.718. The van der Waals surface area contributed by atoms with E-state index in [2.05, 4.69) is 39.0 Å². The molecule has 2 aliphatic carbocycles. The molecular weight excluding hydrogens is 308 g/mol. The minimum atomic E-state index is -0.643. The maximum absolute atomic E-state index is 12.3. The zero-order valence-electron chi connectivity index (χ0n) is 16.2. The van der Waals surface area contributed by atoms with Crippen LogP contribution in [0, 0.1) is 11.3 Å². The van der Waals surface area contributed by atoms with Crippen LogP contribution in [0.1, 0.15) is 95.6 Å². The standard InChI is InChI=1S/C23H34O2/c1-22(2,3)18-13-11-17(12-14-18)19-9-5-6-10-20(19)23(21(24)25)15-7-4-8-16-23/h5-6,9-10,17-18H,4,7-8,11-16H2,1-3H3,(H,24,25). The molecule has 0 heterocycles. The molecule has 2 heteroatoms. The van der Waals surface area contributed by atoms with E-state index in [4.69, 9.17) is 0 Å². The largest absolute Gasteiger partial charge is 0.481 e. The highest BCUT2D eigenvalue weighted by Crippen LogP contribution is 2.48. The molecule has 2 saturated carbocycles. The zero-order chi connectivity index (χ0) is 18.1. The van der Waals surface area contributed by atoms with Crippen molar-refractivity contribution in [2.45, 2.75) is 89.9 Å². The highest BCUT2D eigenvalue weighted by Gasteiger charge is 2.43. The van der Waals surface area contributed by atoms with Gasteiger partial charge in [-0.2, -0.15) is 0 Å². The van der Waals surface area contributed by atoms with E-state index in [1.165, 1.54) is 37.7 Å². The molecule has 138 valence electrons. The molecule has 0 bridgehead atoms. The van der Waals surface area contributed by atoms with E-state index in [1.807, 2.05) is 6.07 Å². The first-order valence-electron chi connectivity index (χ1n) is 10.2. The Kier molecular flexibility index (Phi) is 5.27. The molecule has 0 unspecified atom stereocenters. The Bertz CT molecular complexity index is 597. The van der Waals surface area contributed by atoms with Crippen molar-refractivity contribution in [2.75, 3.05) is 0 Å². The van der Waals surface area contributed by atoms with E-state index < -0.39 is 11.4 Å². The van der Waals surface area contributed by atoms with Crippen molar-refractivity contribution in [1.29, 1.82) is 0 Å². The Hall–Kier alpha value is -1.31. The van der Waals surface area contributed by atoms with Crippen LogP contribution in [0.25, 0.3) is 0 Å². The minimum Gasteiger partial charge on any atom is -0.481 e. The van der Waals surface area contributed by atoms with Crippen LogP contribution in [0.5, 0.6) is 0 Å².